The highest BCUT2D eigenvalue weighted by Gasteiger charge is 2.19. The fraction of sp³-hybridized carbons (Fsp3) is 0.308. The summed E-state index contributed by atoms with van der Waals surface area (Å²) >= 11 is 3.80. The van der Waals surface area contributed by atoms with E-state index >= 15 is 0 Å². The molecule has 2 heterocycles. The van der Waals surface area contributed by atoms with Crippen molar-refractivity contribution in [3.8, 4) is 0 Å². The van der Waals surface area contributed by atoms with Crippen LogP contribution in [0, 0.1) is 0 Å². The van der Waals surface area contributed by atoms with Crippen LogP contribution in [0.25, 0.3) is 16.3 Å². The first-order valence-corrected chi connectivity index (χ1v) is 7.49. The van der Waals surface area contributed by atoms with Crippen LogP contribution in [0.3, 0.4) is 0 Å². The van der Waals surface area contributed by atoms with E-state index in [1.165, 1.54) is 26.0 Å². The summed E-state index contributed by atoms with van der Waals surface area (Å²) in [5.74, 6) is 1.21. The van der Waals surface area contributed by atoms with Gasteiger partial charge in [0.15, 0.2) is 0 Å². The zero-order valence-electron chi connectivity index (χ0n) is 10.0. The van der Waals surface area contributed by atoms with Gasteiger partial charge in [0.2, 0.25) is 5.52 Å². The number of benzene rings is 1. The van der Waals surface area contributed by atoms with Crippen LogP contribution in [0.4, 0.5) is 0 Å². The molecule has 0 radical (unpaired) electrons. The molecule has 0 spiro atoms. The second-order valence-corrected chi connectivity index (χ2v) is 6.40. The Labute approximate surface area is 110 Å². The summed E-state index contributed by atoms with van der Waals surface area (Å²) < 4.78 is 3.63. The van der Waals surface area contributed by atoms with Gasteiger partial charge in [-0.3, -0.25) is 0 Å². The van der Waals surface area contributed by atoms with Crippen molar-refractivity contribution < 1.29 is 4.57 Å². The normalized spacial score (nSPS) is 18.5. The van der Waals surface area contributed by atoms with E-state index in [-0.39, 0.29) is 0 Å². The second-order valence-electron chi connectivity index (χ2n) is 4.22. The van der Waals surface area contributed by atoms with Gasteiger partial charge in [-0.2, -0.15) is 4.57 Å². The summed E-state index contributed by atoms with van der Waals surface area (Å²) in [7, 11) is 4.31. The molecule has 0 amide bonds. The molecule has 1 aromatic heterocycles. The van der Waals surface area contributed by atoms with E-state index in [1.54, 1.807) is 0 Å². The molecule has 0 saturated carbocycles. The lowest BCUT2D eigenvalue weighted by atomic mass is 10.3. The molecule has 1 fully saturated rings. The first kappa shape index (κ1) is 11.1. The summed E-state index contributed by atoms with van der Waals surface area (Å²) in [6.07, 6.45) is 2.31. The number of thiazole rings is 1. The molecular formula is C13H15N2S2+. The number of thioether (sulfide) groups is 1. The number of para-hydroxylation sites is 1. The maximum absolute atomic E-state index is 2.33. The molecular weight excluding hydrogens is 248 g/mol. The maximum atomic E-state index is 2.33. The van der Waals surface area contributed by atoms with Crippen LogP contribution in [-0.2, 0) is 7.05 Å². The first-order valence-electron chi connectivity index (χ1n) is 5.69. The van der Waals surface area contributed by atoms with Gasteiger partial charge in [-0.05, 0) is 6.07 Å². The number of aromatic nitrogens is 1. The lowest BCUT2D eigenvalue weighted by Crippen LogP contribution is -2.29. The number of hydrogen-bond donors (Lipinski definition) is 0. The van der Waals surface area contributed by atoms with Crippen molar-refractivity contribution in [2.75, 3.05) is 19.3 Å². The quantitative estimate of drug-likeness (QED) is 0.730. The summed E-state index contributed by atoms with van der Waals surface area (Å²) in [5.41, 5.74) is 1.31. The van der Waals surface area contributed by atoms with E-state index in [4.69, 9.17) is 0 Å². The number of rotatable bonds is 1. The lowest BCUT2D eigenvalue weighted by molar-refractivity contribution is -0.642. The van der Waals surface area contributed by atoms with Crippen LogP contribution in [0.1, 0.15) is 5.01 Å². The lowest BCUT2D eigenvalue weighted by Gasteiger charge is -2.09. The van der Waals surface area contributed by atoms with Crippen LogP contribution >= 0.6 is 23.1 Å². The van der Waals surface area contributed by atoms with Crippen molar-refractivity contribution in [1.82, 2.24) is 4.90 Å². The molecule has 1 aliphatic heterocycles. The Bertz CT molecular complexity index is 586. The minimum atomic E-state index is 1.16. The Balaban J connectivity index is 2.09. The highest BCUT2D eigenvalue weighted by atomic mass is 32.2. The Morgan fingerprint density at radius 1 is 1.35 bits per heavy atom. The van der Waals surface area contributed by atoms with Gasteiger partial charge >= 0.3 is 0 Å². The van der Waals surface area contributed by atoms with E-state index in [0.29, 0.717) is 0 Å². The van der Waals surface area contributed by atoms with Crippen LogP contribution in [-0.4, -0.2) is 24.2 Å². The summed E-state index contributed by atoms with van der Waals surface area (Å²) in [4.78, 5) is 2.33. The topological polar surface area (TPSA) is 7.12 Å². The predicted molar refractivity (Wildman–Crippen MR) is 76.1 cm³/mol. The van der Waals surface area contributed by atoms with Crippen molar-refractivity contribution in [3.63, 3.8) is 0 Å². The van der Waals surface area contributed by atoms with E-state index in [1.807, 2.05) is 23.1 Å². The highest BCUT2D eigenvalue weighted by Crippen LogP contribution is 2.29. The fourth-order valence-corrected chi connectivity index (χ4v) is 4.25. The average Bonchev–Trinajstić information content (AvgIpc) is 2.87. The zero-order valence-corrected chi connectivity index (χ0v) is 11.6. The van der Waals surface area contributed by atoms with Gasteiger partial charge in [0.05, 0.1) is 11.1 Å². The van der Waals surface area contributed by atoms with E-state index in [0.717, 1.165) is 6.54 Å². The Morgan fingerprint density at radius 2 is 2.18 bits per heavy atom. The minimum Gasteiger partial charge on any atom is -0.368 e. The standard InChI is InChI=1S/C13H15N2S2/c1-14-7-8-16-12(14)9-13-15(2)10-5-3-4-6-11(10)17-13/h3-6,9H,7-8H2,1-2H3/q+1. The monoisotopic (exact) mass is 263 g/mol. The van der Waals surface area contributed by atoms with Gasteiger partial charge in [0.1, 0.15) is 11.7 Å². The van der Waals surface area contributed by atoms with Crippen LogP contribution in [0.15, 0.2) is 29.3 Å². The molecule has 1 aromatic carbocycles. The highest BCUT2D eigenvalue weighted by molar-refractivity contribution is 8.03. The van der Waals surface area contributed by atoms with Crippen LogP contribution in [0.5, 0.6) is 0 Å². The Morgan fingerprint density at radius 3 is 2.88 bits per heavy atom. The van der Waals surface area contributed by atoms with Crippen LogP contribution < -0.4 is 4.57 Å². The van der Waals surface area contributed by atoms with Crippen molar-refractivity contribution in [3.05, 3.63) is 34.3 Å². The van der Waals surface area contributed by atoms with E-state index in [2.05, 4.69) is 53.9 Å². The molecule has 0 aliphatic carbocycles. The molecule has 2 nitrogen and oxygen atoms in total. The largest absolute Gasteiger partial charge is 0.368 e. The molecule has 1 saturated heterocycles. The smallest absolute Gasteiger partial charge is 0.265 e. The van der Waals surface area contributed by atoms with Gasteiger partial charge in [0, 0.05) is 25.4 Å². The molecule has 88 valence electrons. The number of hydrogen-bond acceptors (Lipinski definition) is 3. The number of fused-ring (bicyclic) bond motifs is 1. The SMILES string of the molecule is CN1CCS/C1=C\c1sc2ccccc2[n+]1C. The van der Waals surface area contributed by atoms with Gasteiger partial charge in [-0.15, -0.1) is 11.8 Å². The average molecular weight is 263 g/mol. The second kappa shape index (κ2) is 4.35. The summed E-state index contributed by atoms with van der Waals surface area (Å²) in [6.45, 7) is 1.16. The third-order valence-electron chi connectivity index (χ3n) is 3.07. The zero-order chi connectivity index (χ0) is 11.8. The first-order chi connectivity index (χ1) is 8.25. The van der Waals surface area contributed by atoms with Gasteiger partial charge < -0.3 is 4.90 Å². The molecule has 0 atom stereocenters. The molecule has 1 aliphatic rings. The summed E-state index contributed by atoms with van der Waals surface area (Å²) in [5, 5.41) is 2.70. The minimum absolute atomic E-state index is 1.16. The summed E-state index contributed by atoms with van der Waals surface area (Å²) in [6, 6.07) is 8.57. The van der Waals surface area contributed by atoms with E-state index in [9.17, 15) is 0 Å². The molecule has 17 heavy (non-hydrogen) atoms. The van der Waals surface area contributed by atoms with Crippen LogP contribution in [0.2, 0.25) is 0 Å². The molecule has 0 unspecified atom stereocenters. The number of aryl methyl sites for hydroxylation is 1. The van der Waals surface area contributed by atoms with Gasteiger partial charge in [-0.1, -0.05) is 23.5 Å². The number of nitrogens with zero attached hydrogens (tertiary/aromatic N) is 2. The maximum Gasteiger partial charge on any atom is 0.265 e. The van der Waals surface area contributed by atoms with Crippen molar-refractivity contribution in [2.45, 2.75) is 0 Å². The molecule has 0 N–H and O–H groups in total. The third-order valence-corrected chi connectivity index (χ3v) is 5.35. The van der Waals surface area contributed by atoms with Crippen molar-refractivity contribution in [2.24, 2.45) is 7.05 Å². The van der Waals surface area contributed by atoms with Crippen molar-refractivity contribution in [1.29, 1.82) is 0 Å². The van der Waals surface area contributed by atoms with Gasteiger partial charge in [0.25, 0.3) is 5.01 Å². The Hall–Kier alpha value is -1.00. The molecule has 2 aromatic rings. The third kappa shape index (κ3) is 1.96. The molecule has 4 heteroatoms. The molecule has 3 rings (SSSR count). The van der Waals surface area contributed by atoms with Crippen molar-refractivity contribution >= 4 is 39.4 Å². The van der Waals surface area contributed by atoms with Gasteiger partial charge in [-0.25, -0.2) is 0 Å². The fourth-order valence-electron chi connectivity index (χ4n) is 2.01. The molecule has 0 bridgehead atoms. The van der Waals surface area contributed by atoms with E-state index < -0.39 is 0 Å². The predicted octanol–water partition coefficient (Wildman–Crippen LogP) is 2.70. The Kier molecular flexibility index (Phi) is 2.84.